The van der Waals surface area contributed by atoms with Gasteiger partial charge in [-0.25, -0.2) is 4.98 Å². The fourth-order valence-corrected chi connectivity index (χ4v) is 3.84. The quantitative estimate of drug-likeness (QED) is 0.863. The van der Waals surface area contributed by atoms with Crippen molar-refractivity contribution in [2.45, 2.75) is 38.4 Å². The highest BCUT2D eigenvalue weighted by Crippen LogP contribution is 2.35. The Morgan fingerprint density at radius 3 is 3.00 bits per heavy atom. The maximum atomic E-state index is 13.3. The average molecular weight is 374 g/mol. The number of aromatic nitrogens is 5. The molecule has 2 fully saturated rings. The van der Waals surface area contributed by atoms with E-state index in [2.05, 4.69) is 20.3 Å². The van der Waals surface area contributed by atoms with Crippen molar-refractivity contribution >= 4 is 5.91 Å². The first-order valence-corrected chi connectivity index (χ1v) is 9.58. The van der Waals surface area contributed by atoms with E-state index in [1.807, 2.05) is 24.9 Å². The SMILES string of the molecule is CCc1nc(C2CN(C(=O)[C@@H]3CCCO[C@H]3c3ccnn3C)CCO2)n[nH]1. The first kappa shape index (κ1) is 18.1. The van der Waals surface area contributed by atoms with Gasteiger partial charge in [-0.15, -0.1) is 0 Å². The zero-order valence-electron chi connectivity index (χ0n) is 15.8. The fraction of sp³-hybridized carbons (Fsp3) is 0.667. The van der Waals surface area contributed by atoms with Crippen LogP contribution < -0.4 is 0 Å². The minimum absolute atomic E-state index is 0.112. The fourth-order valence-electron chi connectivity index (χ4n) is 3.84. The smallest absolute Gasteiger partial charge is 0.228 e. The van der Waals surface area contributed by atoms with Crippen LogP contribution in [0.3, 0.4) is 0 Å². The zero-order chi connectivity index (χ0) is 18.8. The van der Waals surface area contributed by atoms with Gasteiger partial charge in [-0.05, 0) is 18.9 Å². The number of amides is 1. The number of hydrogen-bond acceptors (Lipinski definition) is 6. The van der Waals surface area contributed by atoms with E-state index in [4.69, 9.17) is 9.47 Å². The predicted octanol–water partition coefficient (Wildman–Crippen LogP) is 1.17. The predicted molar refractivity (Wildman–Crippen MR) is 95.7 cm³/mol. The minimum atomic E-state index is -0.293. The first-order valence-electron chi connectivity index (χ1n) is 9.58. The van der Waals surface area contributed by atoms with Crippen LogP contribution in [0.4, 0.5) is 0 Å². The molecule has 0 aliphatic carbocycles. The summed E-state index contributed by atoms with van der Waals surface area (Å²) in [5.74, 6) is 1.35. The van der Waals surface area contributed by atoms with Gasteiger partial charge < -0.3 is 14.4 Å². The molecule has 9 nitrogen and oxygen atoms in total. The van der Waals surface area contributed by atoms with Crippen LogP contribution in [-0.2, 0) is 27.7 Å². The highest BCUT2D eigenvalue weighted by Gasteiger charge is 2.39. The summed E-state index contributed by atoms with van der Waals surface area (Å²) in [4.78, 5) is 19.7. The van der Waals surface area contributed by atoms with Crippen LogP contribution in [0.15, 0.2) is 12.3 Å². The Hall–Kier alpha value is -2.26. The van der Waals surface area contributed by atoms with Crippen LogP contribution in [0.2, 0.25) is 0 Å². The Morgan fingerprint density at radius 1 is 1.37 bits per heavy atom. The molecule has 4 heterocycles. The summed E-state index contributed by atoms with van der Waals surface area (Å²) in [6.07, 6.45) is 3.69. The number of carbonyl (C=O) groups excluding carboxylic acids is 1. The van der Waals surface area contributed by atoms with Crippen molar-refractivity contribution in [3.05, 3.63) is 29.6 Å². The second-order valence-corrected chi connectivity index (χ2v) is 7.06. The van der Waals surface area contributed by atoms with Gasteiger partial charge in [0.2, 0.25) is 5.91 Å². The number of carbonyl (C=O) groups is 1. The van der Waals surface area contributed by atoms with Crippen LogP contribution in [0.5, 0.6) is 0 Å². The number of ether oxygens (including phenoxy) is 2. The first-order chi connectivity index (χ1) is 13.2. The largest absolute Gasteiger partial charge is 0.371 e. The Kier molecular flexibility index (Phi) is 5.22. The summed E-state index contributed by atoms with van der Waals surface area (Å²) in [7, 11) is 1.88. The van der Waals surface area contributed by atoms with Crippen LogP contribution in [0, 0.1) is 5.92 Å². The molecule has 27 heavy (non-hydrogen) atoms. The summed E-state index contributed by atoms with van der Waals surface area (Å²) >= 11 is 0. The highest BCUT2D eigenvalue weighted by atomic mass is 16.5. The lowest BCUT2D eigenvalue weighted by atomic mass is 9.90. The molecule has 1 amide bonds. The Labute approximate surface area is 158 Å². The number of nitrogens with zero attached hydrogens (tertiary/aromatic N) is 5. The maximum absolute atomic E-state index is 13.3. The number of aryl methyl sites for hydroxylation is 2. The van der Waals surface area contributed by atoms with Crippen molar-refractivity contribution in [2.24, 2.45) is 13.0 Å². The van der Waals surface area contributed by atoms with Gasteiger partial charge >= 0.3 is 0 Å². The lowest BCUT2D eigenvalue weighted by molar-refractivity contribution is -0.153. The van der Waals surface area contributed by atoms with Crippen LogP contribution >= 0.6 is 0 Å². The Bertz CT molecular complexity index is 788. The van der Waals surface area contributed by atoms with E-state index < -0.39 is 0 Å². The van der Waals surface area contributed by atoms with Gasteiger partial charge in [0.05, 0.1) is 24.8 Å². The van der Waals surface area contributed by atoms with E-state index in [1.165, 1.54) is 0 Å². The topological polar surface area (TPSA) is 98.2 Å². The highest BCUT2D eigenvalue weighted by molar-refractivity contribution is 5.80. The number of H-pyrrole nitrogens is 1. The van der Waals surface area contributed by atoms with Gasteiger partial charge in [-0.1, -0.05) is 6.92 Å². The molecule has 0 radical (unpaired) electrons. The zero-order valence-corrected chi connectivity index (χ0v) is 15.8. The summed E-state index contributed by atoms with van der Waals surface area (Å²) in [6, 6.07) is 1.93. The third-order valence-corrected chi connectivity index (χ3v) is 5.34. The van der Waals surface area contributed by atoms with E-state index >= 15 is 0 Å². The van der Waals surface area contributed by atoms with E-state index in [9.17, 15) is 4.79 Å². The number of morpholine rings is 1. The van der Waals surface area contributed by atoms with Crippen molar-refractivity contribution in [2.75, 3.05) is 26.3 Å². The molecular weight excluding hydrogens is 348 g/mol. The van der Waals surface area contributed by atoms with Crippen molar-refractivity contribution in [3.8, 4) is 0 Å². The summed E-state index contributed by atoms with van der Waals surface area (Å²) < 4.78 is 13.6. The standard InChI is InChI=1S/C18H26N6O3/c1-3-15-20-17(22-21-15)14-11-24(8-10-26-14)18(25)12-5-4-9-27-16(12)13-6-7-19-23(13)2/h6-7,12,14,16H,3-5,8-11H2,1-2H3,(H,20,21,22)/t12-,14?,16-/m1/s1. The minimum Gasteiger partial charge on any atom is -0.371 e. The van der Waals surface area contributed by atoms with Crippen molar-refractivity contribution in [1.82, 2.24) is 29.9 Å². The van der Waals surface area contributed by atoms with Gasteiger partial charge in [0, 0.05) is 32.8 Å². The maximum Gasteiger partial charge on any atom is 0.228 e. The second kappa shape index (κ2) is 7.77. The molecule has 2 aromatic heterocycles. The average Bonchev–Trinajstić information content (AvgIpc) is 3.36. The summed E-state index contributed by atoms with van der Waals surface area (Å²) in [6.45, 7) is 4.21. The molecule has 2 aliphatic rings. The van der Waals surface area contributed by atoms with Crippen LogP contribution in [0.1, 0.15) is 49.3 Å². The molecule has 2 aliphatic heterocycles. The Balaban J connectivity index is 1.49. The molecule has 0 bridgehead atoms. The third kappa shape index (κ3) is 3.61. The molecule has 146 valence electrons. The number of aromatic amines is 1. The van der Waals surface area contributed by atoms with Crippen molar-refractivity contribution in [3.63, 3.8) is 0 Å². The molecule has 4 rings (SSSR count). The molecule has 1 N–H and O–H groups in total. The monoisotopic (exact) mass is 374 g/mol. The van der Waals surface area contributed by atoms with Gasteiger partial charge in [-0.3, -0.25) is 14.6 Å². The van der Waals surface area contributed by atoms with Gasteiger partial charge in [0.1, 0.15) is 18.0 Å². The molecular formula is C18H26N6O3. The van der Waals surface area contributed by atoms with E-state index in [1.54, 1.807) is 10.9 Å². The molecule has 1 unspecified atom stereocenters. The molecule has 0 spiro atoms. The van der Waals surface area contributed by atoms with E-state index in [0.29, 0.717) is 32.1 Å². The molecule has 2 aromatic rings. The summed E-state index contributed by atoms with van der Waals surface area (Å²) in [5, 5.41) is 11.4. The number of hydrogen-bond donors (Lipinski definition) is 1. The number of nitrogens with one attached hydrogen (secondary N) is 1. The lowest BCUT2D eigenvalue weighted by Crippen LogP contribution is -2.47. The second-order valence-electron chi connectivity index (χ2n) is 7.06. The normalized spacial score (nSPS) is 26.3. The van der Waals surface area contributed by atoms with Crippen molar-refractivity contribution < 1.29 is 14.3 Å². The lowest BCUT2D eigenvalue weighted by Gasteiger charge is -2.37. The van der Waals surface area contributed by atoms with E-state index in [0.717, 1.165) is 30.8 Å². The number of rotatable bonds is 4. The van der Waals surface area contributed by atoms with Gasteiger partial charge in [0.25, 0.3) is 0 Å². The Morgan fingerprint density at radius 2 is 2.26 bits per heavy atom. The molecule has 0 aromatic carbocycles. The van der Waals surface area contributed by atoms with Gasteiger partial charge in [-0.2, -0.15) is 10.2 Å². The van der Waals surface area contributed by atoms with Crippen molar-refractivity contribution in [1.29, 1.82) is 0 Å². The summed E-state index contributed by atoms with van der Waals surface area (Å²) in [5.41, 5.74) is 0.944. The van der Waals surface area contributed by atoms with Crippen LogP contribution in [0.25, 0.3) is 0 Å². The van der Waals surface area contributed by atoms with E-state index in [-0.39, 0.29) is 24.0 Å². The molecule has 3 atom stereocenters. The molecule has 9 heteroatoms. The van der Waals surface area contributed by atoms with Crippen LogP contribution in [-0.4, -0.2) is 62.1 Å². The third-order valence-electron chi connectivity index (χ3n) is 5.34. The molecule has 2 saturated heterocycles. The molecule has 0 saturated carbocycles. The van der Waals surface area contributed by atoms with Gasteiger partial charge in [0.15, 0.2) is 5.82 Å².